The molecule has 0 amide bonds. The van der Waals surface area contributed by atoms with Gasteiger partial charge in [0.2, 0.25) is 10.0 Å². The highest BCUT2D eigenvalue weighted by molar-refractivity contribution is 7.89. The van der Waals surface area contributed by atoms with Crippen molar-refractivity contribution in [3.63, 3.8) is 0 Å². The monoisotopic (exact) mass is 313 g/mol. The van der Waals surface area contributed by atoms with Crippen molar-refractivity contribution in [2.75, 3.05) is 20.3 Å². The summed E-state index contributed by atoms with van der Waals surface area (Å²) in [4.78, 5) is 0.206. The van der Waals surface area contributed by atoms with Crippen molar-refractivity contribution < 1.29 is 13.2 Å². The normalized spacial score (nSPS) is 11.9. The molecule has 0 saturated heterocycles. The maximum absolute atomic E-state index is 12.4. The van der Waals surface area contributed by atoms with Crippen LogP contribution >= 0.6 is 11.6 Å². The number of fused-ring (bicyclic) bond motifs is 1. The smallest absolute Gasteiger partial charge is 0.241 e. The molecule has 0 radical (unpaired) electrons. The van der Waals surface area contributed by atoms with E-state index in [9.17, 15) is 8.42 Å². The molecule has 0 heterocycles. The quantitative estimate of drug-likeness (QED) is 0.834. The molecule has 2 aromatic carbocycles. The molecule has 0 unspecified atom stereocenters. The number of hydrogen-bond acceptors (Lipinski definition) is 3. The van der Waals surface area contributed by atoms with Crippen LogP contribution in [0.5, 0.6) is 0 Å². The third kappa shape index (κ3) is 3.30. The molecule has 0 spiro atoms. The van der Waals surface area contributed by atoms with Crippen LogP contribution in [-0.2, 0) is 14.8 Å². The minimum absolute atomic E-state index is 0.206. The summed E-state index contributed by atoms with van der Waals surface area (Å²) in [6, 6.07) is 10.4. The Labute approximate surface area is 123 Å². The summed E-state index contributed by atoms with van der Waals surface area (Å²) < 4.78 is 32.2. The Hall–Kier alpha value is -1.14. The molecule has 1 N–H and O–H groups in total. The molecule has 2 rings (SSSR count). The number of ether oxygens (including phenoxy) is 1. The third-order valence-corrected chi connectivity index (χ3v) is 4.74. The second-order valence-corrected chi connectivity index (χ2v) is 6.48. The van der Waals surface area contributed by atoms with Crippen molar-refractivity contribution in [3.05, 3.63) is 41.4 Å². The highest BCUT2D eigenvalue weighted by Crippen LogP contribution is 2.29. The third-order valence-electron chi connectivity index (χ3n) is 2.92. The molecular weight excluding hydrogens is 298 g/mol. The molecule has 2 aromatic rings. The first-order valence-corrected chi connectivity index (χ1v) is 8.08. The van der Waals surface area contributed by atoms with Gasteiger partial charge in [0.15, 0.2) is 0 Å². The fourth-order valence-corrected chi connectivity index (χ4v) is 3.65. The molecular formula is C14H16ClNO3S. The van der Waals surface area contributed by atoms with E-state index in [1.807, 2.05) is 12.1 Å². The molecule has 4 nitrogen and oxygen atoms in total. The average molecular weight is 314 g/mol. The molecule has 6 heteroatoms. The van der Waals surface area contributed by atoms with Crippen LogP contribution in [0, 0.1) is 0 Å². The lowest BCUT2D eigenvalue weighted by Crippen LogP contribution is -2.25. The molecule has 0 aliphatic carbocycles. The maximum atomic E-state index is 12.4. The van der Waals surface area contributed by atoms with Crippen LogP contribution in [0.3, 0.4) is 0 Å². The standard InChI is InChI=1S/C14H16ClNO3S/c1-19-10-4-9-16-20(17,18)13-8-3-6-11-5-2-7-12(15)14(11)13/h2-3,5-8,16H,4,9-10H2,1H3. The Balaban J connectivity index is 2.37. The minimum Gasteiger partial charge on any atom is -0.385 e. The number of nitrogens with one attached hydrogen (secondary N) is 1. The van der Waals surface area contributed by atoms with Gasteiger partial charge in [0.05, 0.1) is 4.90 Å². The van der Waals surface area contributed by atoms with E-state index >= 15 is 0 Å². The molecule has 0 aliphatic heterocycles. The molecule has 0 aromatic heterocycles. The van der Waals surface area contributed by atoms with Gasteiger partial charge in [0, 0.05) is 30.7 Å². The van der Waals surface area contributed by atoms with E-state index in [1.165, 1.54) is 0 Å². The minimum atomic E-state index is -3.58. The maximum Gasteiger partial charge on any atom is 0.241 e. The van der Waals surface area contributed by atoms with Gasteiger partial charge >= 0.3 is 0 Å². The lowest BCUT2D eigenvalue weighted by Gasteiger charge is -2.10. The van der Waals surface area contributed by atoms with E-state index < -0.39 is 10.0 Å². The van der Waals surface area contributed by atoms with Crippen molar-refractivity contribution in [1.29, 1.82) is 0 Å². The summed E-state index contributed by atoms with van der Waals surface area (Å²) in [6.07, 6.45) is 0.619. The van der Waals surface area contributed by atoms with Crippen LogP contribution < -0.4 is 4.72 Å². The SMILES string of the molecule is COCCCNS(=O)(=O)c1cccc2cccc(Cl)c12. The summed E-state index contributed by atoms with van der Waals surface area (Å²) in [6.45, 7) is 0.843. The van der Waals surface area contributed by atoms with Gasteiger partial charge in [-0.1, -0.05) is 35.9 Å². The zero-order valence-electron chi connectivity index (χ0n) is 11.1. The van der Waals surface area contributed by atoms with E-state index in [1.54, 1.807) is 31.4 Å². The van der Waals surface area contributed by atoms with Gasteiger partial charge in [-0.05, 0) is 23.9 Å². The molecule has 0 bridgehead atoms. The zero-order valence-corrected chi connectivity index (χ0v) is 12.7. The topological polar surface area (TPSA) is 55.4 Å². The number of sulfonamides is 1. The summed E-state index contributed by atoms with van der Waals surface area (Å²) in [5.41, 5.74) is 0. The molecule has 108 valence electrons. The van der Waals surface area contributed by atoms with Gasteiger partial charge in [-0.3, -0.25) is 0 Å². The Morgan fingerprint density at radius 2 is 1.90 bits per heavy atom. The number of benzene rings is 2. The van der Waals surface area contributed by atoms with Crippen molar-refractivity contribution >= 4 is 32.4 Å². The van der Waals surface area contributed by atoms with Crippen LogP contribution in [0.25, 0.3) is 10.8 Å². The number of hydrogen-bond donors (Lipinski definition) is 1. The van der Waals surface area contributed by atoms with Gasteiger partial charge in [0.1, 0.15) is 0 Å². The Bertz CT molecular complexity index is 695. The van der Waals surface area contributed by atoms with Gasteiger partial charge in [-0.25, -0.2) is 13.1 Å². The molecule has 0 fully saturated rings. The van der Waals surface area contributed by atoms with Crippen molar-refractivity contribution in [3.8, 4) is 0 Å². The Morgan fingerprint density at radius 1 is 1.20 bits per heavy atom. The largest absolute Gasteiger partial charge is 0.385 e. The summed E-state index contributed by atoms with van der Waals surface area (Å²) in [5, 5.41) is 1.79. The van der Waals surface area contributed by atoms with Crippen LogP contribution in [0.15, 0.2) is 41.3 Å². The molecule has 0 atom stereocenters. The van der Waals surface area contributed by atoms with Crippen molar-refractivity contribution in [2.24, 2.45) is 0 Å². The summed E-state index contributed by atoms with van der Waals surface area (Å²) >= 11 is 6.14. The second kappa shape index (κ2) is 6.54. The number of methoxy groups -OCH3 is 1. The average Bonchev–Trinajstić information content (AvgIpc) is 2.43. The molecule has 0 aliphatic rings. The molecule has 20 heavy (non-hydrogen) atoms. The summed E-state index contributed by atoms with van der Waals surface area (Å²) in [5.74, 6) is 0. The second-order valence-electron chi connectivity index (χ2n) is 4.34. The van der Waals surface area contributed by atoms with E-state index in [-0.39, 0.29) is 4.90 Å². The highest BCUT2D eigenvalue weighted by Gasteiger charge is 2.18. The van der Waals surface area contributed by atoms with Gasteiger partial charge in [-0.15, -0.1) is 0 Å². The van der Waals surface area contributed by atoms with Gasteiger partial charge in [0.25, 0.3) is 0 Å². The number of rotatable bonds is 6. The van der Waals surface area contributed by atoms with Crippen LogP contribution in [-0.4, -0.2) is 28.7 Å². The van der Waals surface area contributed by atoms with E-state index in [0.29, 0.717) is 30.0 Å². The van der Waals surface area contributed by atoms with E-state index in [4.69, 9.17) is 16.3 Å². The van der Waals surface area contributed by atoms with Crippen LogP contribution in [0.4, 0.5) is 0 Å². The predicted molar refractivity (Wildman–Crippen MR) is 80.6 cm³/mol. The number of halogens is 1. The first-order chi connectivity index (χ1) is 9.56. The Morgan fingerprint density at radius 3 is 2.60 bits per heavy atom. The van der Waals surface area contributed by atoms with Crippen LogP contribution in [0.2, 0.25) is 5.02 Å². The first kappa shape index (κ1) is 15.3. The lowest BCUT2D eigenvalue weighted by molar-refractivity contribution is 0.196. The van der Waals surface area contributed by atoms with Gasteiger partial charge in [-0.2, -0.15) is 0 Å². The lowest BCUT2D eigenvalue weighted by atomic mass is 10.1. The van der Waals surface area contributed by atoms with E-state index in [0.717, 1.165) is 5.39 Å². The molecule has 0 saturated carbocycles. The highest BCUT2D eigenvalue weighted by atomic mass is 35.5. The zero-order chi connectivity index (χ0) is 14.6. The van der Waals surface area contributed by atoms with Crippen molar-refractivity contribution in [2.45, 2.75) is 11.3 Å². The fraction of sp³-hybridized carbons (Fsp3) is 0.286. The summed E-state index contributed by atoms with van der Waals surface area (Å²) in [7, 11) is -2.00. The van der Waals surface area contributed by atoms with Gasteiger partial charge < -0.3 is 4.74 Å². The first-order valence-electron chi connectivity index (χ1n) is 6.22. The van der Waals surface area contributed by atoms with Crippen LogP contribution in [0.1, 0.15) is 6.42 Å². The van der Waals surface area contributed by atoms with E-state index in [2.05, 4.69) is 4.72 Å². The fourth-order valence-electron chi connectivity index (χ4n) is 1.99. The predicted octanol–water partition coefficient (Wildman–Crippen LogP) is 2.81. The Kier molecular flexibility index (Phi) is 4.99. The van der Waals surface area contributed by atoms with Crippen molar-refractivity contribution in [1.82, 2.24) is 4.72 Å².